The molecule has 0 atom stereocenters. The molecule has 4 heteroatoms. The third-order valence-electron chi connectivity index (χ3n) is 2.77. The molecule has 2 aromatic heterocycles. The van der Waals surface area contributed by atoms with Gasteiger partial charge in [-0.1, -0.05) is 6.92 Å². The predicted molar refractivity (Wildman–Crippen MR) is 69.8 cm³/mol. The molecule has 0 aliphatic rings. The zero-order valence-corrected chi connectivity index (χ0v) is 11.2. The summed E-state index contributed by atoms with van der Waals surface area (Å²) in [5, 5.41) is 0. The standard InChI is InChI=1S/C12H16BrN3/c1-3-10-11(4-5-14)16-7-9(13)6-8(2)12(16)15-10/h6-7H,3-5,14H2,1-2H3. The van der Waals surface area contributed by atoms with E-state index in [9.17, 15) is 0 Å². The lowest BCUT2D eigenvalue weighted by atomic mass is 10.2. The van der Waals surface area contributed by atoms with E-state index in [0.29, 0.717) is 6.54 Å². The first kappa shape index (κ1) is 11.6. The highest BCUT2D eigenvalue weighted by Crippen LogP contribution is 2.21. The Balaban J connectivity index is 2.73. The summed E-state index contributed by atoms with van der Waals surface area (Å²) in [6.45, 7) is 4.87. The van der Waals surface area contributed by atoms with Gasteiger partial charge in [0.2, 0.25) is 0 Å². The summed E-state index contributed by atoms with van der Waals surface area (Å²) in [6, 6.07) is 2.09. The Morgan fingerprint density at radius 1 is 1.50 bits per heavy atom. The van der Waals surface area contributed by atoms with Crippen molar-refractivity contribution in [1.82, 2.24) is 9.38 Å². The van der Waals surface area contributed by atoms with Gasteiger partial charge in [0.05, 0.1) is 5.69 Å². The highest BCUT2D eigenvalue weighted by Gasteiger charge is 2.11. The van der Waals surface area contributed by atoms with E-state index in [2.05, 4.69) is 51.4 Å². The zero-order chi connectivity index (χ0) is 11.7. The van der Waals surface area contributed by atoms with E-state index in [0.717, 1.165) is 28.7 Å². The minimum Gasteiger partial charge on any atom is -0.330 e. The van der Waals surface area contributed by atoms with Crippen LogP contribution in [0.1, 0.15) is 23.9 Å². The van der Waals surface area contributed by atoms with Crippen molar-refractivity contribution in [3.63, 3.8) is 0 Å². The fourth-order valence-electron chi connectivity index (χ4n) is 2.05. The largest absolute Gasteiger partial charge is 0.330 e. The van der Waals surface area contributed by atoms with Crippen LogP contribution in [0.2, 0.25) is 0 Å². The minimum absolute atomic E-state index is 0.659. The third kappa shape index (κ3) is 1.87. The Hall–Kier alpha value is -0.870. The lowest BCUT2D eigenvalue weighted by Crippen LogP contribution is -2.07. The summed E-state index contributed by atoms with van der Waals surface area (Å²) in [4.78, 5) is 4.68. The maximum Gasteiger partial charge on any atom is 0.140 e. The van der Waals surface area contributed by atoms with Crippen molar-refractivity contribution in [3.8, 4) is 0 Å². The van der Waals surface area contributed by atoms with E-state index < -0.39 is 0 Å². The number of hydrogen-bond donors (Lipinski definition) is 1. The van der Waals surface area contributed by atoms with Crippen molar-refractivity contribution in [1.29, 1.82) is 0 Å². The average Bonchev–Trinajstić information content (AvgIpc) is 2.58. The predicted octanol–water partition coefficient (Wildman–Crippen LogP) is 2.47. The van der Waals surface area contributed by atoms with Crippen LogP contribution in [-0.2, 0) is 12.8 Å². The lowest BCUT2D eigenvalue weighted by molar-refractivity contribution is 0.875. The van der Waals surface area contributed by atoms with Gasteiger partial charge in [-0.3, -0.25) is 0 Å². The van der Waals surface area contributed by atoms with Crippen LogP contribution in [0.25, 0.3) is 5.65 Å². The van der Waals surface area contributed by atoms with Crippen LogP contribution in [0.15, 0.2) is 16.7 Å². The van der Waals surface area contributed by atoms with E-state index in [1.54, 1.807) is 0 Å². The molecule has 16 heavy (non-hydrogen) atoms. The van der Waals surface area contributed by atoms with Gasteiger partial charge in [-0.15, -0.1) is 0 Å². The normalized spacial score (nSPS) is 11.2. The minimum atomic E-state index is 0.659. The van der Waals surface area contributed by atoms with Crippen LogP contribution in [-0.4, -0.2) is 15.9 Å². The van der Waals surface area contributed by atoms with Gasteiger partial charge in [0, 0.05) is 22.8 Å². The highest BCUT2D eigenvalue weighted by atomic mass is 79.9. The number of rotatable bonds is 3. The van der Waals surface area contributed by atoms with E-state index >= 15 is 0 Å². The van der Waals surface area contributed by atoms with E-state index in [-0.39, 0.29) is 0 Å². The van der Waals surface area contributed by atoms with Gasteiger partial charge in [0.1, 0.15) is 5.65 Å². The van der Waals surface area contributed by atoms with Gasteiger partial charge in [0.15, 0.2) is 0 Å². The molecule has 0 bridgehead atoms. The number of nitrogens with two attached hydrogens (primary N) is 1. The molecule has 0 aliphatic heterocycles. The number of nitrogens with zero attached hydrogens (tertiary/aromatic N) is 2. The van der Waals surface area contributed by atoms with Crippen LogP contribution in [0.5, 0.6) is 0 Å². The number of halogens is 1. The van der Waals surface area contributed by atoms with Gasteiger partial charge in [-0.2, -0.15) is 0 Å². The van der Waals surface area contributed by atoms with Crippen LogP contribution in [0.4, 0.5) is 0 Å². The molecule has 0 saturated heterocycles. The number of aromatic nitrogens is 2. The third-order valence-corrected chi connectivity index (χ3v) is 3.20. The molecule has 2 rings (SSSR count). The second kappa shape index (κ2) is 4.55. The van der Waals surface area contributed by atoms with Crippen molar-refractivity contribution in [2.75, 3.05) is 6.54 Å². The van der Waals surface area contributed by atoms with Crippen LogP contribution < -0.4 is 5.73 Å². The number of hydrogen-bond acceptors (Lipinski definition) is 2. The molecule has 0 unspecified atom stereocenters. The number of aryl methyl sites for hydroxylation is 2. The molecule has 86 valence electrons. The molecule has 0 saturated carbocycles. The molecule has 0 aliphatic carbocycles. The molecule has 2 aromatic rings. The monoisotopic (exact) mass is 281 g/mol. The number of pyridine rings is 1. The summed E-state index contributed by atoms with van der Waals surface area (Å²) in [7, 11) is 0. The molecular formula is C12H16BrN3. The van der Waals surface area contributed by atoms with Gasteiger partial charge >= 0.3 is 0 Å². The van der Waals surface area contributed by atoms with E-state index in [1.807, 2.05) is 0 Å². The summed E-state index contributed by atoms with van der Waals surface area (Å²) < 4.78 is 3.24. The molecule has 0 aromatic carbocycles. The van der Waals surface area contributed by atoms with Crippen molar-refractivity contribution in [3.05, 3.63) is 33.7 Å². The van der Waals surface area contributed by atoms with Crippen LogP contribution >= 0.6 is 15.9 Å². The Bertz CT molecular complexity index is 516. The zero-order valence-electron chi connectivity index (χ0n) is 9.63. The summed E-state index contributed by atoms with van der Waals surface area (Å²) in [5.41, 5.74) is 10.3. The first-order valence-electron chi connectivity index (χ1n) is 5.53. The summed E-state index contributed by atoms with van der Waals surface area (Å²) in [6.07, 6.45) is 3.90. The highest BCUT2D eigenvalue weighted by molar-refractivity contribution is 9.10. The summed E-state index contributed by atoms with van der Waals surface area (Å²) in [5.74, 6) is 0. The maximum absolute atomic E-state index is 5.66. The molecule has 3 nitrogen and oxygen atoms in total. The fourth-order valence-corrected chi connectivity index (χ4v) is 2.60. The topological polar surface area (TPSA) is 43.3 Å². The van der Waals surface area contributed by atoms with Crippen LogP contribution in [0.3, 0.4) is 0 Å². The maximum atomic E-state index is 5.66. The SMILES string of the molecule is CCc1nc2c(C)cc(Br)cn2c1CCN. The quantitative estimate of drug-likeness (QED) is 0.939. The first-order valence-corrected chi connectivity index (χ1v) is 6.32. The van der Waals surface area contributed by atoms with Gasteiger partial charge in [-0.25, -0.2) is 4.98 Å². The number of imidazole rings is 1. The number of fused-ring (bicyclic) bond motifs is 1. The Morgan fingerprint density at radius 2 is 2.25 bits per heavy atom. The lowest BCUT2D eigenvalue weighted by Gasteiger charge is -2.04. The first-order chi connectivity index (χ1) is 7.67. The molecule has 2 heterocycles. The van der Waals surface area contributed by atoms with Crippen molar-refractivity contribution in [2.45, 2.75) is 26.7 Å². The van der Waals surface area contributed by atoms with Crippen molar-refractivity contribution in [2.24, 2.45) is 5.73 Å². The average molecular weight is 282 g/mol. The van der Waals surface area contributed by atoms with Crippen molar-refractivity contribution < 1.29 is 0 Å². The smallest absolute Gasteiger partial charge is 0.140 e. The molecule has 0 spiro atoms. The van der Waals surface area contributed by atoms with Crippen LogP contribution in [0, 0.1) is 6.92 Å². The van der Waals surface area contributed by atoms with E-state index in [1.165, 1.54) is 11.3 Å². The van der Waals surface area contributed by atoms with Gasteiger partial charge in [0.25, 0.3) is 0 Å². The van der Waals surface area contributed by atoms with Gasteiger partial charge in [-0.05, 0) is 47.4 Å². The Kier molecular flexibility index (Phi) is 3.30. The Morgan fingerprint density at radius 3 is 2.88 bits per heavy atom. The second-order valence-electron chi connectivity index (χ2n) is 3.93. The fraction of sp³-hybridized carbons (Fsp3) is 0.417. The second-order valence-corrected chi connectivity index (χ2v) is 4.85. The van der Waals surface area contributed by atoms with Gasteiger partial charge < -0.3 is 10.1 Å². The Labute approximate surface area is 104 Å². The molecular weight excluding hydrogens is 266 g/mol. The molecule has 2 N–H and O–H groups in total. The molecule has 0 radical (unpaired) electrons. The van der Waals surface area contributed by atoms with Crippen molar-refractivity contribution >= 4 is 21.6 Å². The molecule has 0 amide bonds. The summed E-state index contributed by atoms with van der Waals surface area (Å²) >= 11 is 3.52. The molecule has 0 fully saturated rings. The van der Waals surface area contributed by atoms with E-state index in [4.69, 9.17) is 5.73 Å².